The van der Waals surface area contributed by atoms with Crippen molar-refractivity contribution in [2.24, 2.45) is 0 Å². The highest BCUT2D eigenvalue weighted by atomic mass is 16.7. The number of hydroxylamine groups is 2. The van der Waals surface area contributed by atoms with Gasteiger partial charge in [-0.2, -0.15) is 0 Å². The smallest absolute Gasteiger partial charge is 0.410 e. The van der Waals surface area contributed by atoms with Crippen LogP contribution < -0.4 is 0 Å². The van der Waals surface area contributed by atoms with Gasteiger partial charge in [0.25, 0.3) is 5.91 Å². The summed E-state index contributed by atoms with van der Waals surface area (Å²) < 4.78 is 5.23. The van der Waals surface area contributed by atoms with Crippen LogP contribution in [0.4, 0.5) is 4.79 Å². The molecule has 6 nitrogen and oxygen atoms in total. The molecule has 0 heterocycles. The van der Waals surface area contributed by atoms with E-state index in [1.54, 1.807) is 26.8 Å². The first kappa shape index (κ1) is 17.4. The number of rotatable bonds is 5. The zero-order chi connectivity index (χ0) is 15.2. The third-order valence-electron chi connectivity index (χ3n) is 2.41. The highest BCUT2D eigenvalue weighted by Crippen LogP contribution is 2.13. The van der Waals surface area contributed by atoms with E-state index in [4.69, 9.17) is 9.57 Å². The third-order valence-corrected chi connectivity index (χ3v) is 2.41. The van der Waals surface area contributed by atoms with Crippen LogP contribution in [-0.2, 0) is 14.4 Å². The van der Waals surface area contributed by atoms with Crippen LogP contribution in [0.2, 0.25) is 0 Å². The van der Waals surface area contributed by atoms with E-state index in [1.165, 1.54) is 26.1 Å². The number of hydrogen-bond acceptors (Lipinski definition) is 4. The Bertz CT molecular complexity index is 336. The van der Waals surface area contributed by atoms with Crippen LogP contribution in [0.3, 0.4) is 0 Å². The SMILES string of the molecule is C=CC[C@@H](C(=O)N(C)OC)N(C)C(=O)OC(C)(C)C. The molecule has 19 heavy (non-hydrogen) atoms. The molecule has 0 saturated heterocycles. The van der Waals surface area contributed by atoms with Gasteiger partial charge in [-0.3, -0.25) is 14.5 Å². The van der Waals surface area contributed by atoms with Crippen molar-refractivity contribution in [3.63, 3.8) is 0 Å². The molecule has 0 fully saturated rings. The summed E-state index contributed by atoms with van der Waals surface area (Å²) in [6.07, 6.45) is 1.34. The molecular weight excluding hydrogens is 248 g/mol. The van der Waals surface area contributed by atoms with Crippen LogP contribution in [0.5, 0.6) is 0 Å². The van der Waals surface area contributed by atoms with Gasteiger partial charge < -0.3 is 4.74 Å². The summed E-state index contributed by atoms with van der Waals surface area (Å²) in [5, 5.41) is 1.08. The van der Waals surface area contributed by atoms with Crippen molar-refractivity contribution in [3.05, 3.63) is 12.7 Å². The molecule has 0 unspecified atom stereocenters. The molecule has 110 valence electrons. The van der Waals surface area contributed by atoms with E-state index in [0.29, 0.717) is 6.42 Å². The second kappa shape index (κ2) is 7.13. The van der Waals surface area contributed by atoms with Crippen molar-refractivity contribution in [1.82, 2.24) is 9.96 Å². The van der Waals surface area contributed by atoms with Gasteiger partial charge >= 0.3 is 6.09 Å². The van der Waals surface area contributed by atoms with E-state index in [1.807, 2.05) is 0 Å². The van der Waals surface area contributed by atoms with Crippen LogP contribution in [0.15, 0.2) is 12.7 Å². The Balaban J connectivity index is 4.93. The summed E-state index contributed by atoms with van der Waals surface area (Å²) in [4.78, 5) is 30.1. The lowest BCUT2D eigenvalue weighted by atomic mass is 10.1. The number of nitrogens with zero attached hydrogens (tertiary/aromatic N) is 2. The molecule has 0 aromatic carbocycles. The minimum absolute atomic E-state index is 0.322. The highest BCUT2D eigenvalue weighted by molar-refractivity contribution is 5.85. The molecule has 0 saturated carbocycles. The molecule has 0 aliphatic rings. The Hall–Kier alpha value is -1.56. The second-order valence-electron chi connectivity index (χ2n) is 5.15. The standard InChI is InChI=1S/C13H24N2O4/c1-8-9-10(11(16)15(6)18-7)14(5)12(17)19-13(2,3)4/h8,10H,1,9H2,2-7H3/t10-/m0/s1. The predicted octanol–water partition coefficient (Wildman–Crippen LogP) is 1.82. The maximum Gasteiger partial charge on any atom is 0.410 e. The number of carbonyl (C=O) groups excluding carboxylic acids is 2. The molecular formula is C13H24N2O4. The van der Waals surface area contributed by atoms with E-state index >= 15 is 0 Å². The summed E-state index contributed by atoms with van der Waals surface area (Å²) in [5.41, 5.74) is -0.611. The van der Waals surface area contributed by atoms with E-state index in [0.717, 1.165) is 5.06 Å². The molecule has 0 aromatic heterocycles. The average Bonchev–Trinajstić information content (AvgIpc) is 2.31. The van der Waals surface area contributed by atoms with Gasteiger partial charge in [-0.05, 0) is 27.2 Å². The van der Waals surface area contributed by atoms with Crippen LogP contribution in [0, 0.1) is 0 Å². The Morgan fingerprint density at radius 1 is 1.32 bits per heavy atom. The molecule has 0 aliphatic heterocycles. The van der Waals surface area contributed by atoms with Crippen molar-refractivity contribution in [2.45, 2.75) is 38.8 Å². The Labute approximate surface area is 114 Å². The van der Waals surface area contributed by atoms with Crippen molar-refractivity contribution in [2.75, 3.05) is 21.2 Å². The molecule has 0 bridgehead atoms. The largest absolute Gasteiger partial charge is 0.444 e. The maximum absolute atomic E-state index is 12.1. The van der Waals surface area contributed by atoms with Gasteiger partial charge in [-0.25, -0.2) is 9.86 Å². The molecule has 6 heteroatoms. The average molecular weight is 272 g/mol. The fourth-order valence-corrected chi connectivity index (χ4v) is 1.34. The van der Waals surface area contributed by atoms with Gasteiger partial charge in [-0.1, -0.05) is 6.08 Å². The van der Waals surface area contributed by atoms with Gasteiger partial charge in [0.15, 0.2) is 0 Å². The van der Waals surface area contributed by atoms with Gasteiger partial charge in [0.05, 0.1) is 7.11 Å². The quantitative estimate of drug-likeness (QED) is 0.566. The summed E-state index contributed by atoms with van der Waals surface area (Å²) in [6.45, 7) is 8.90. The predicted molar refractivity (Wildman–Crippen MR) is 72.4 cm³/mol. The van der Waals surface area contributed by atoms with E-state index in [9.17, 15) is 9.59 Å². The van der Waals surface area contributed by atoms with Gasteiger partial charge in [0, 0.05) is 14.1 Å². The Morgan fingerprint density at radius 3 is 2.21 bits per heavy atom. The molecule has 0 N–H and O–H groups in total. The molecule has 0 rings (SSSR count). The molecule has 0 radical (unpaired) electrons. The lowest BCUT2D eigenvalue weighted by molar-refractivity contribution is -0.173. The molecule has 1 atom stereocenters. The lowest BCUT2D eigenvalue weighted by Crippen LogP contribution is -2.49. The van der Waals surface area contributed by atoms with Crippen molar-refractivity contribution < 1.29 is 19.2 Å². The van der Waals surface area contributed by atoms with E-state index < -0.39 is 17.7 Å². The van der Waals surface area contributed by atoms with Crippen LogP contribution in [-0.4, -0.2) is 54.8 Å². The second-order valence-corrected chi connectivity index (χ2v) is 5.15. The fourth-order valence-electron chi connectivity index (χ4n) is 1.34. The normalized spacial score (nSPS) is 12.5. The first-order valence-electron chi connectivity index (χ1n) is 6.02. The zero-order valence-corrected chi connectivity index (χ0v) is 12.6. The molecule has 0 spiro atoms. The van der Waals surface area contributed by atoms with Crippen molar-refractivity contribution in [1.29, 1.82) is 0 Å². The highest BCUT2D eigenvalue weighted by Gasteiger charge is 2.31. The number of likely N-dealkylation sites (N-methyl/N-ethyl adjacent to an activating group) is 2. The first-order valence-corrected chi connectivity index (χ1v) is 6.02. The van der Waals surface area contributed by atoms with Gasteiger partial charge in [-0.15, -0.1) is 6.58 Å². The minimum Gasteiger partial charge on any atom is -0.444 e. The number of ether oxygens (including phenoxy) is 1. The Morgan fingerprint density at radius 2 is 1.84 bits per heavy atom. The monoisotopic (exact) mass is 272 g/mol. The summed E-state index contributed by atoms with van der Waals surface area (Å²) in [5.74, 6) is -0.337. The topological polar surface area (TPSA) is 59.1 Å². The number of hydrogen-bond donors (Lipinski definition) is 0. The third kappa shape index (κ3) is 5.74. The lowest BCUT2D eigenvalue weighted by Gasteiger charge is -2.31. The number of amides is 2. The summed E-state index contributed by atoms with van der Waals surface area (Å²) in [6, 6.07) is -0.697. The van der Waals surface area contributed by atoms with Crippen LogP contribution >= 0.6 is 0 Å². The minimum atomic E-state index is -0.697. The summed E-state index contributed by atoms with van der Waals surface area (Å²) in [7, 11) is 4.39. The molecule has 2 amide bonds. The fraction of sp³-hybridized carbons (Fsp3) is 0.692. The molecule has 0 aliphatic carbocycles. The Kier molecular flexibility index (Phi) is 6.55. The first-order chi connectivity index (χ1) is 8.64. The zero-order valence-electron chi connectivity index (χ0n) is 12.6. The van der Waals surface area contributed by atoms with E-state index in [-0.39, 0.29) is 5.91 Å². The molecule has 0 aromatic rings. The van der Waals surface area contributed by atoms with Gasteiger partial charge in [0.2, 0.25) is 0 Å². The van der Waals surface area contributed by atoms with E-state index in [2.05, 4.69) is 6.58 Å². The van der Waals surface area contributed by atoms with Gasteiger partial charge in [0.1, 0.15) is 11.6 Å². The van der Waals surface area contributed by atoms with Crippen molar-refractivity contribution in [3.8, 4) is 0 Å². The van der Waals surface area contributed by atoms with Crippen molar-refractivity contribution >= 4 is 12.0 Å². The van der Waals surface area contributed by atoms with Crippen LogP contribution in [0.25, 0.3) is 0 Å². The summed E-state index contributed by atoms with van der Waals surface area (Å²) >= 11 is 0. The maximum atomic E-state index is 12.1. The van der Waals surface area contributed by atoms with Crippen LogP contribution in [0.1, 0.15) is 27.2 Å². The number of carbonyl (C=O) groups is 2.